The van der Waals surface area contributed by atoms with E-state index < -0.39 is 17.4 Å². The highest BCUT2D eigenvalue weighted by molar-refractivity contribution is 5.88. The molecule has 0 atom stereocenters. The fraction of sp³-hybridized carbons (Fsp3) is 0.176. The minimum Gasteiger partial charge on any atom is -0.481 e. The summed E-state index contributed by atoms with van der Waals surface area (Å²) < 4.78 is 0. The molecule has 2 aromatic carbocycles. The zero-order valence-corrected chi connectivity index (χ0v) is 12.3. The van der Waals surface area contributed by atoms with Crippen LogP contribution in [0.5, 0.6) is 0 Å². The van der Waals surface area contributed by atoms with Crippen molar-refractivity contribution >= 4 is 23.3 Å². The number of aromatic carboxylic acids is 1. The quantitative estimate of drug-likeness (QED) is 0.786. The van der Waals surface area contributed by atoms with Gasteiger partial charge in [0.1, 0.15) is 0 Å². The number of nitrogens with one attached hydrogen (secondary N) is 1. The molecule has 0 heterocycles. The molecule has 0 saturated carbocycles. The number of hydrogen-bond donors (Lipinski definition) is 3. The molecule has 5 heteroatoms. The maximum Gasteiger partial charge on any atom is 0.335 e. The van der Waals surface area contributed by atoms with E-state index >= 15 is 0 Å². The van der Waals surface area contributed by atoms with Gasteiger partial charge in [0.15, 0.2) is 0 Å². The maximum atomic E-state index is 11.5. The lowest BCUT2D eigenvalue weighted by Gasteiger charge is -2.23. The summed E-state index contributed by atoms with van der Waals surface area (Å²) in [4.78, 5) is 22.3. The molecule has 0 fully saturated rings. The van der Waals surface area contributed by atoms with Gasteiger partial charge >= 0.3 is 11.9 Å². The second-order valence-corrected chi connectivity index (χ2v) is 5.48. The van der Waals surface area contributed by atoms with E-state index in [0.717, 1.165) is 0 Å². The molecule has 0 aliphatic rings. The van der Waals surface area contributed by atoms with Crippen LogP contribution in [-0.4, -0.2) is 22.2 Å². The van der Waals surface area contributed by atoms with Gasteiger partial charge in [-0.3, -0.25) is 4.79 Å². The fourth-order valence-electron chi connectivity index (χ4n) is 2.10. The van der Waals surface area contributed by atoms with Gasteiger partial charge in [-0.05, 0) is 49.7 Å². The van der Waals surface area contributed by atoms with Crippen molar-refractivity contribution in [1.29, 1.82) is 0 Å². The average Bonchev–Trinajstić information content (AvgIpc) is 2.48. The number of aliphatic carboxylic acids is 1. The van der Waals surface area contributed by atoms with E-state index in [-0.39, 0.29) is 5.56 Å². The molecule has 0 aromatic heterocycles. The van der Waals surface area contributed by atoms with Crippen molar-refractivity contribution < 1.29 is 19.8 Å². The van der Waals surface area contributed by atoms with Crippen molar-refractivity contribution in [2.75, 3.05) is 5.32 Å². The van der Waals surface area contributed by atoms with Crippen LogP contribution in [-0.2, 0) is 10.2 Å². The van der Waals surface area contributed by atoms with Gasteiger partial charge in [0, 0.05) is 11.4 Å². The number of para-hydroxylation sites is 1. The van der Waals surface area contributed by atoms with Crippen molar-refractivity contribution in [2.24, 2.45) is 0 Å². The molecule has 0 radical (unpaired) electrons. The zero-order valence-electron chi connectivity index (χ0n) is 12.3. The molecule has 114 valence electrons. The summed E-state index contributed by atoms with van der Waals surface area (Å²) in [6.45, 7) is 3.28. The van der Waals surface area contributed by atoms with E-state index in [1.807, 2.05) is 6.07 Å². The maximum absolute atomic E-state index is 11.5. The standard InChI is InChI=1S/C17H17NO4/c1-17(2,16(21)22)13-5-3-4-6-14(13)18-12-9-7-11(8-10-12)15(19)20/h3-10,18H,1-2H3,(H,19,20)(H,21,22). The molecule has 3 N–H and O–H groups in total. The third-order valence-corrected chi connectivity index (χ3v) is 3.55. The number of carboxylic acid groups (broad SMARTS) is 2. The number of benzene rings is 2. The lowest BCUT2D eigenvalue weighted by Crippen LogP contribution is -2.29. The van der Waals surface area contributed by atoms with E-state index in [1.54, 1.807) is 44.2 Å². The Morgan fingerprint density at radius 1 is 0.955 bits per heavy atom. The Hall–Kier alpha value is -2.82. The second kappa shape index (κ2) is 5.89. The van der Waals surface area contributed by atoms with Gasteiger partial charge in [-0.25, -0.2) is 4.79 Å². The molecule has 22 heavy (non-hydrogen) atoms. The second-order valence-electron chi connectivity index (χ2n) is 5.48. The van der Waals surface area contributed by atoms with E-state index in [2.05, 4.69) is 5.32 Å². The van der Waals surface area contributed by atoms with Crippen LogP contribution in [0.4, 0.5) is 11.4 Å². The van der Waals surface area contributed by atoms with Gasteiger partial charge in [0.25, 0.3) is 0 Å². The Morgan fingerprint density at radius 3 is 2.09 bits per heavy atom. The van der Waals surface area contributed by atoms with Gasteiger partial charge in [-0.1, -0.05) is 18.2 Å². The van der Waals surface area contributed by atoms with Crippen molar-refractivity contribution in [3.05, 3.63) is 59.7 Å². The predicted molar refractivity (Wildman–Crippen MR) is 83.8 cm³/mol. The molecule has 0 unspecified atom stereocenters. The van der Waals surface area contributed by atoms with Crippen LogP contribution in [0, 0.1) is 0 Å². The molecule has 0 bridgehead atoms. The topological polar surface area (TPSA) is 86.6 Å². The van der Waals surface area contributed by atoms with Crippen LogP contribution >= 0.6 is 0 Å². The molecular weight excluding hydrogens is 282 g/mol. The molecule has 0 aliphatic heterocycles. The van der Waals surface area contributed by atoms with Crippen molar-refractivity contribution in [3.8, 4) is 0 Å². The van der Waals surface area contributed by atoms with Crippen LogP contribution in [0.25, 0.3) is 0 Å². The Bertz CT molecular complexity index is 705. The Kier molecular flexibility index (Phi) is 4.17. The summed E-state index contributed by atoms with van der Waals surface area (Å²) in [5.41, 5.74) is 1.19. The lowest BCUT2D eigenvalue weighted by molar-refractivity contribution is -0.142. The van der Waals surface area contributed by atoms with E-state index in [4.69, 9.17) is 5.11 Å². The first-order valence-corrected chi connectivity index (χ1v) is 6.75. The van der Waals surface area contributed by atoms with E-state index in [1.165, 1.54) is 12.1 Å². The first-order chi connectivity index (χ1) is 10.3. The highest BCUT2D eigenvalue weighted by Crippen LogP contribution is 2.32. The molecule has 2 aromatic rings. The summed E-state index contributed by atoms with van der Waals surface area (Å²) >= 11 is 0. The summed E-state index contributed by atoms with van der Waals surface area (Å²) in [6.07, 6.45) is 0. The fourth-order valence-corrected chi connectivity index (χ4v) is 2.10. The van der Waals surface area contributed by atoms with Crippen molar-refractivity contribution in [1.82, 2.24) is 0 Å². The third kappa shape index (κ3) is 3.09. The molecule has 5 nitrogen and oxygen atoms in total. The lowest BCUT2D eigenvalue weighted by atomic mass is 9.83. The zero-order chi connectivity index (χ0) is 16.3. The van der Waals surface area contributed by atoms with Crippen LogP contribution in [0.2, 0.25) is 0 Å². The third-order valence-electron chi connectivity index (χ3n) is 3.55. The molecule has 0 spiro atoms. The highest BCUT2D eigenvalue weighted by atomic mass is 16.4. The van der Waals surface area contributed by atoms with E-state index in [9.17, 15) is 14.7 Å². The Morgan fingerprint density at radius 2 is 1.55 bits per heavy atom. The summed E-state index contributed by atoms with van der Waals surface area (Å²) in [5, 5.41) is 21.4. The van der Waals surface area contributed by atoms with Gasteiger partial charge in [-0.15, -0.1) is 0 Å². The Labute approximate surface area is 128 Å². The van der Waals surface area contributed by atoms with Crippen LogP contribution in [0.15, 0.2) is 48.5 Å². The summed E-state index contributed by atoms with van der Waals surface area (Å²) in [7, 11) is 0. The molecule has 0 aliphatic carbocycles. The molecule has 2 rings (SSSR count). The van der Waals surface area contributed by atoms with Gasteiger partial charge < -0.3 is 15.5 Å². The first kappa shape index (κ1) is 15.6. The summed E-state index contributed by atoms with van der Waals surface area (Å²) in [5.74, 6) is -1.90. The van der Waals surface area contributed by atoms with Gasteiger partial charge in [-0.2, -0.15) is 0 Å². The predicted octanol–water partition coefficient (Wildman–Crippen LogP) is 3.49. The molecular formula is C17H17NO4. The minimum atomic E-state index is -1.04. The SMILES string of the molecule is CC(C)(C(=O)O)c1ccccc1Nc1ccc(C(=O)O)cc1. The number of anilines is 2. The van der Waals surface area contributed by atoms with Gasteiger partial charge in [0.05, 0.1) is 11.0 Å². The summed E-state index contributed by atoms with van der Waals surface area (Å²) in [6, 6.07) is 13.5. The largest absolute Gasteiger partial charge is 0.481 e. The number of rotatable bonds is 5. The van der Waals surface area contributed by atoms with Crippen molar-refractivity contribution in [2.45, 2.75) is 19.3 Å². The Balaban J connectivity index is 2.34. The number of hydrogen-bond acceptors (Lipinski definition) is 3. The van der Waals surface area contributed by atoms with E-state index in [0.29, 0.717) is 16.9 Å². The average molecular weight is 299 g/mol. The first-order valence-electron chi connectivity index (χ1n) is 6.75. The van der Waals surface area contributed by atoms with Crippen LogP contribution in [0.1, 0.15) is 29.8 Å². The molecule has 0 amide bonds. The molecule has 0 saturated heterocycles. The minimum absolute atomic E-state index is 0.199. The number of carbonyl (C=O) groups is 2. The van der Waals surface area contributed by atoms with Gasteiger partial charge in [0.2, 0.25) is 0 Å². The smallest absolute Gasteiger partial charge is 0.335 e. The van der Waals surface area contributed by atoms with Crippen LogP contribution in [0.3, 0.4) is 0 Å². The highest BCUT2D eigenvalue weighted by Gasteiger charge is 2.31. The number of carboxylic acids is 2. The monoisotopic (exact) mass is 299 g/mol. The van der Waals surface area contributed by atoms with Crippen LogP contribution < -0.4 is 5.32 Å². The normalized spacial score (nSPS) is 11.0. The van der Waals surface area contributed by atoms with Crippen molar-refractivity contribution in [3.63, 3.8) is 0 Å².